The molecule has 0 aliphatic heterocycles. The summed E-state index contributed by atoms with van der Waals surface area (Å²) in [5, 5.41) is 29.1. The number of aliphatic carboxylic acids is 1. The molecule has 0 unspecified atom stereocenters. The first-order valence-electron chi connectivity index (χ1n) is 8.05. The van der Waals surface area contributed by atoms with Gasteiger partial charge in [0.25, 0.3) is 0 Å². The zero-order valence-electron chi connectivity index (χ0n) is 13.5. The number of aliphatic hydroxyl groups excluding tert-OH is 2. The van der Waals surface area contributed by atoms with E-state index < -0.39 is 5.97 Å². The van der Waals surface area contributed by atoms with Crippen molar-refractivity contribution >= 4 is 5.97 Å². The molecule has 22 heavy (non-hydrogen) atoms. The number of carboxylic acids is 1. The van der Waals surface area contributed by atoms with Gasteiger partial charge in [-0.05, 0) is 19.3 Å². The van der Waals surface area contributed by atoms with Crippen LogP contribution in [0.4, 0.5) is 0 Å². The van der Waals surface area contributed by atoms with Gasteiger partial charge in [-0.3, -0.25) is 0 Å². The molecule has 0 fully saturated rings. The lowest BCUT2D eigenvalue weighted by Gasteiger charge is -2.38. The van der Waals surface area contributed by atoms with E-state index in [1.165, 1.54) is 0 Å². The molecule has 0 aromatic heterocycles. The second-order valence-electron chi connectivity index (χ2n) is 5.59. The Kier molecular flexibility index (Phi) is 13.1. The van der Waals surface area contributed by atoms with Crippen molar-refractivity contribution in [1.29, 1.82) is 0 Å². The zero-order valence-corrected chi connectivity index (χ0v) is 13.5. The fraction of sp³-hybridized carbons (Fsp3) is 0.812. The normalized spacial score (nSPS) is 11.5. The van der Waals surface area contributed by atoms with Crippen LogP contribution in [0.15, 0.2) is 12.7 Å². The quantitative estimate of drug-likeness (QED) is 0.232. The first kappa shape index (κ1) is 21.0. The Morgan fingerprint density at radius 2 is 1.68 bits per heavy atom. The van der Waals surface area contributed by atoms with Crippen molar-refractivity contribution in [2.45, 2.75) is 32.1 Å². The van der Waals surface area contributed by atoms with E-state index in [0.29, 0.717) is 19.8 Å². The molecule has 0 aromatic rings. The number of rotatable bonds is 16. The molecule has 0 aliphatic carbocycles. The lowest BCUT2D eigenvalue weighted by atomic mass is 10.1. The van der Waals surface area contributed by atoms with Gasteiger partial charge in [-0.1, -0.05) is 18.9 Å². The van der Waals surface area contributed by atoms with Gasteiger partial charge in [-0.2, -0.15) is 0 Å². The van der Waals surface area contributed by atoms with Crippen LogP contribution in [0.2, 0.25) is 0 Å². The lowest BCUT2D eigenvalue weighted by Crippen LogP contribution is -2.58. The maximum absolute atomic E-state index is 10.9. The molecule has 130 valence electrons. The highest BCUT2D eigenvalue weighted by molar-refractivity contribution is 5.65. The van der Waals surface area contributed by atoms with Gasteiger partial charge in [0, 0.05) is 6.61 Å². The molecule has 0 atom stereocenters. The van der Waals surface area contributed by atoms with Crippen molar-refractivity contribution in [1.82, 2.24) is 0 Å². The summed E-state index contributed by atoms with van der Waals surface area (Å²) in [5.74, 6) is -1.18. The summed E-state index contributed by atoms with van der Waals surface area (Å²) in [6.07, 6.45) is 7.38. The summed E-state index contributed by atoms with van der Waals surface area (Å²) in [5.41, 5.74) is 0. The number of carbonyl (C=O) groups is 1. The van der Waals surface area contributed by atoms with Crippen LogP contribution < -0.4 is 5.11 Å². The summed E-state index contributed by atoms with van der Waals surface area (Å²) in [7, 11) is 0. The number of hydrogen-bond donors (Lipinski definition) is 2. The van der Waals surface area contributed by atoms with Crippen LogP contribution >= 0.6 is 0 Å². The zero-order chi connectivity index (χ0) is 16.7. The molecule has 6 nitrogen and oxygen atoms in total. The summed E-state index contributed by atoms with van der Waals surface area (Å²) < 4.78 is 5.65. The molecule has 0 bridgehead atoms. The van der Waals surface area contributed by atoms with E-state index in [4.69, 9.17) is 14.9 Å². The van der Waals surface area contributed by atoms with E-state index in [1.807, 2.05) is 6.08 Å². The third kappa shape index (κ3) is 10.7. The molecule has 0 saturated heterocycles. The Labute approximate surface area is 133 Å². The van der Waals surface area contributed by atoms with Crippen molar-refractivity contribution in [3.8, 4) is 0 Å². The lowest BCUT2D eigenvalue weighted by molar-refractivity contribution is -0.923. The predicted molar refractivity (Wildman–Crippen MR) is 83.0 cm³/mol. The van der Waals surface area contributed by atoms with Gasteiger partial charge in [0.15, 0.2) is 0 Å². The molecule has 0 saturated carbocycles. The van der Waals surface area contributed by atoms with Gasteiger partial charge in [0.05, 0.1) is 25.8 Å². The Morgan fingerprint density at radius 1 is 1.05 bits per heavy atom. The molecule has 0 spiro atoms. The van der Waals surface area contributed by atoms with Gasteiger partial charge in [-0.15, -0.1) is 6.58 Å². The van der Waals surface area contributed by atoms with Crippen LogP contribution in [0.3, 0.4) is 0 Å². The number of nitrogens with zero attached hydrogens (tertiary/aromatic N) is 1. The van der Waals surface area contributed by atoms with Crippen LogP contribution in [0.5, 0.6) is 0 Å². The van der Waals surface area contributed by atoms with Crippen molar-refractivity contribution in [3.05, 3.63) is 12.7 Å². The first-order chi connectivity index (χ1) is 10.6. The molecule has 0 aromatic carbocycles. The monoisotopic (exact) mass is 317 g/mol. The van der Waals surface area contributed by atoms with Crippen molar-refractivity contribution in [2.75, 3.05) is 52.6 Å². The van der Waals surface area contributed by atoms with E-state index in [1.54, 1.807) is 0 Å². The van der Waals surface area contributed by atoms with Crippen LogP contribution in [-0.2, 0) is 9.53 Å². The maximum atomic E-state index is 10.9. The highest BCUT2D eigenvalue weighted by atomic mass is 16.5. The third-order valence-electron chi connectivity index (χ3n) is 3.77. The van der Waals surface area contributed by atoms with Crippen molar-refractivity contribution < 1.29 is 29.3 Å². The SMILES string of the molecule is C=CCCCCCCOCC[N+](CCO)(CCO)CC(=O)[O-]. The number of carboxylic acid groups (broad SMARTS) is 1. The van der Waals surface area contributed by atoms with Gasteiger partial charge in [0.1, 0.15) is 26.2 Å². The van der Waals surface area contributed by atoms with E-state index >= 15 is 0 Å². The highest BCUT2D eigenvalue weighted by Crippen LogP contribution is 2.07. The van der Waals surface area contributed by atoms with E-state index in [-0.39, 0.29) is 37.3 Å². The van der Waals surface area contributed by atoms with Crippen LogP contribution in [0.25, 0.3) is 0 Å². The Balaban J connectivity index is 3.96. The minimum absolute atomic E-state index is 0.0919. The van der Waals surface area contributed by atoms with Gasteiger partial charge >= 0.3 is 0 Å². The largest absolute Gasteiger partial charge is 0.544 e. The second kappa shape index (κ2) is 13.7. The van der Waals surface area contributed by atoms with Crippen LogP contribution in [0.1, 0.15) is 32.1 Å². The van der Waals surface area contributed by atoms with Crippen LogP contribution in [-0.4, -0.2) is 73.3 Å². The first-order valence-corrected chi connectivity index (χ1v) is 8.05. The fourth-order valence-electron chi connectivity index (χ4n) is 2.48. The van der Waals surface area contributed by atoms with Gasteiger partial charge in [0.2, 0.25) is 0 Å². The number of unbranched alkanes of at least 4 members (excludes halogenated alkanes) is 4. The minimum atomic E-state index is -1.18. The second-order valence-corrected chi connectivity index (χ2v) is 5.59. The number of quaternary nitrogens is 1. The number of hydrogen-bond acceptors (Lipinski definition) is 5. The molecular formula is C16H31NO5. The fourth-order valence-corrected chi connectivity index (χ4v) is 2.48. The Hall–Kier alpha value is -0.950. The molecule has 0 rings (SSSR count). The molecule has 6 heteroatoms. The number of ether oxygens (including phenoxy) is 1. The summed E-state index contributed by atoms with van der Waals surface area (Å²) in [6, 6.07) is 0. The molecular weight excluding hydrogens is 286 g/mol. The Morgan fingerprint density at radius 3 is 2.23 bits per heavy atom. The van der Waals surface area contributed by atoms with E-state index in [0.717, 1.165) is 32.1 Å². The smallest absolute Gasteiger partial charge is 0.119 e. The molecule has 0 heterocycles. The van der Waals surface area contributed by atoms with Gasteiger partial charge in [-0.25, -0.2) is 0 Å². The summed E-state index contributed by atoms with van der Waals surface area (Å²) in [6.45, 7) is 5.28. The molecule has 0 aliphatic rings. The van der Waals surface area contributed by atoms with Gasteiger partial charge < -0.3 is 29.3 Å². The topological polar surface area (TPSA) is 89.8 Å². The number of carbonyl (C=O) groups excluding carboxylic acids is 1. The minimum Gasteiger partial charge on any atom is -0.544 e. The summed E-state index contributed by atoms with van der Waals surface area (Å²) >= 11 is 0. The van der Waals surface area contributed by atoms with E-state index in [9.17, 15) is 9.90 Å². The van der Waals surface area contributed by atoms with Crippen molar-refractivity contribution in [2.24, 2.45) is 0 Å². The van der Waals surface area contributed by atoms with Crippen LogP contribution in [0, 0.1) is 0 Å². The molecule has 0 amide bonds. The number of aliphatic hydroxyl groups is 2. The average molecular weight is 317 g/mol. The molecule has 0 radical (unpaired) electrons. The number of allylic oxidation sites excluding steroid dienone is 1. The standard InChI is InChI=1S/C16H31NO5/c1-2-3-4-5-6-7-13-22-14-10-17(8-11-18,9-12-19)15-16(20)21/h2,18-19H,1,3-15H2. The Bertz CT molecular complexity index is 290. The highest BCUT2D eigenvalue weighted by Gasteiger charge is 2.26. The average Bonchev–Trinajstić information content (AvgIpc) is 2.45. The van der Waals surface area contributed by atoms with E-state index in [2.05, 4.69) is 6.58 Å². The summed E-state index contributed by atoms with van der Waals surface area (Å²) in [4.78, 5) is 10.9. The third-order valence-corrected chi connectivity index (χ3v) is 3.77. The maximum Gasteiger partial charge on any atom is 0.119 e. The van der Waals surface area contributed by atoms with Crippen molar-refractivity contribution in [3.63, 3.8) is 0 Å². The molecule has 2 N–H and O–H groups in total. The predicted octanol–water partition coefficient (Wildman–Crippen LogP) is -0.309.